The zero-order valence-electron chi connectivity index (χ0n) is 8.57. The molecule has 94 valence electrons. The molecule has 0 bridgehead atoms. The summed E-state index contributed by atoms with van der Waals surface area (Å²) in [5.41, 5.74) is -2.45. The van der Waals surface area contributed by atoms with E-state index in [2.05, 4.69) is 4.74 Å². The van der Waals surface area contributed by atoms with Gasteiger partial charge < -0.3 is 4.74 Å². The van der Waals surface area contributed by atoms with Crippen molar-refractivity contribution in [2.45, 2.75) is 6.18 Å². The molecule has 0 N–H and O–H groups in total. The van der Waals surface area contributed by atoms with E-state index in [0.29, 0.717) is 0 Å². The quantitative estimate of drug-likeness (QED) is 0.479. The van der Waals surface area contributed by atoms with Gasteiger partial charge in [-0.1, -0.05) is 0 Å². The predicted octanol–water partition coefficient (Wildman–Crippen LogP) is 3.27. The van der Waals surface area contributed by atoms with Gasteiger partial charge in [0, 0.05) is 5.56 Å². The molecule has 0 radical (unpaired) electrons. The van der Waals surface area contributed by atoms with Crippen molar-refractivity contribution < 1.29 is 27.1 Å². The van der Waals surface area contributed by atoms with Gasteiger partial charge in [-0.3, -0.25) is 4.79 Å². The molecule has 0 heterocycles. The van der Waals surface area contributed by atoms with Crippen LogP contribution in [-0.2, 0) is 6.18 Å². The average molecular weight is 271 g/mol. The van der Waals surface area contributed by atoms with Gasteiger partial charge in [0.15, 0.2) is 17.3 Å². The summed E-state index contributed by atoms with van der Waals surface area (Å²) in [4.78, 5) is 11.2. The van der Waals surface area contributed by atoms with Crippen molar-refractivity contribution in [1.29, 1.82) is 0 Å². The van der Waals surface area contributed by atoms with Crippen LogP contribution >= 0.6 is 11.6 Å². The van der Waals surface area contributed by atoms with E-state index >= 15 is 0 Å². The molecule has 0 aromatic heterocycles. The summed E-state index contributed by atoms with van der Waals surface area (Å²) >= 11 is 5.16. The summed E-state index contributed by atoms with van der Waals surface area (Å²) in [6, 6.07) is 1.79. The van der Waals surface area contributed by atoms with Crippen molar-refractivity contribution in [2.75, 3.05) is 13.0 Å². The molecular weight excluding hydrogens is 264 g/mol. The average Bonchev–Trinajstić information content (AvgIpc) is 2.25. The number of benzene rings is 1. The van der Waals surface area contributed by atoms with Crippen LogP contribution in [0.5, 0.6) is 5.75 Å². The maximum absolute atomic E-state index is 13.5. The van der Waals surface area contributed by atoms with Crippen LogP contribution in [-0.4, -0.2) is 18.8 Å². The fourth-order valence-corrected chi connectivity index (χ4v) is 1.44. The normalized spacial score (nSPS) is 11.4. The van der Waals surface area contributed by atoms with E-state index < -0.39 is 40.5 Å². The zero-order chi connectivity index (χ0) is 13.2. The monoisotopic (exact) mass is 270 g/mol. The van der Waals surface area contributed by atoms with Crippen molar-refractivity contribution in [1.82, 2.24) is 0 Å². The highest BCUT2D eigenvalue weighted by Crippen LogP contribution is 2.37. The van der Waals surface area contributed by atoms with Crippen LogP contribution in [0.2, 0.25) is 0 Å². The maximum Gasteiger partial charge on any atom is 0.420 e. The highest BCUT2D eigenvalue weighted by Gasteiger charge is 2.39. The van der Waals surface area contributed by atoms with Crippen LogP contribution in [0.25, 0.3) is 0 Å². The van der Waals surface area contributed by atoms with Gasteiger partial charge in [0.05, 0.1) is 13.0 Å². The molecule has 1 aromatic rings. The molecule has 1 rings (SSSR count). The van der Waals surface area contributed by atoms with E-state index in [1.165, 1.54) is 0 Å². The Balaban J connectivity index is 3.53. The number of rotatable bonds is 3. The Morgan fingerprint density at radius 1 is 1.41 bits per heavy atom. The van der Waals surface area contributed by atoms with Crippen LogP contribution in [0.1, 0.15) is 15.9 Å². The van der Waals surface area contributed by atoms with E-state index in [1.54, 1.807) is 0 Å². The molecule has 0 atom stereocenters. The number of methoxy groups -OCH3 is 1. The van der Waals surface area contributed by atoms with Gasteiger partial charge >= 0.3 is 6.18 Å². The summed E-state index contributed by atoms with van der Waals surface area (Å²) in [6.07, 6.45) is -4.99. The number of carbonyl (C=O) groups excluding carboxylic acids is 1. The molecule has 17 heavy (non-hydrogen) atoms. The smallest absolute Gasteiger partial charge is 0.420 e. The minimum absolute atomic E-state index is 0.580. The SMILES string of the molecule is COc1ccc(C(=O)CCl)c(C(F)(F)F)c1F. The molecule has 0 saturated heterocycles. The van der Waals surface area contributed by atoms with Crippen LogP contribution in [0.3, 0.4) is 0 Å². The van der Waals surface area contributed by atoms with Crippen LogP contribution in [0, 0.1) is 5.82 Å². The first-order chi connectivity index (χ1) is 7.82. The van der Waals surface area contributed by atoms with Gasteiger partial charge in [0.2, 0.25) is 0 Å². The molecule has 0 saturated carbocycles. The minimum Gasteiger partial charge on any atom is -0.494 e. The second-order valence-corrected chi connectivity index (χ2v) is 3.33. The Morgan fingerprint density at radius 2 is 2.00 bits per heavy atom. The van der Waals surface area contributed by atoms with Crippen molar-refractivity contribution in [3.63, 3.8) is 0 Å². The molecule has 0 fully saturated rings. The molecule has 1 aromatic carbocycles. The van der Waals surface area contributed by atoms with Crippen LogP contribution < -0.4 is 4.74 Å². The Kier molecular flexibility index (Phi) is 3.98. The van der Waals surface area contributed by atoms with Crippen LogP contribution in [0.4, 0.5) is 17.6 Å². The fraction of sp³-hybridized carbons (Fsp3) is 0.300. The molecule has 0 unspecified atom stereocenters. The third kappa shape index (κ3) is 2.69. The van der Waals surface area contributed by atoms with E-state index in [1.807, 2.05) is 0 Å². The Morgan fingerprint density at radius 3 is 2.41 bits per heavy atom. The number of Topliss-reactive ketones (excluding diaryl/α,β-unsaturated/α-hetero) is 1. The standard InChI is InChI=1S/C10H7ClF4O2/c1-17-7-3-2-5(6(16)4-11)8(9(7)12)10(13,14)15/h2-3H,4H2,1H3. The third-order valence-corrected chi connectivity index (χ3v) is 2.27. The summed E-state index contributed by atoms with van der Waals surface area (Å²) < 4.78 is 55.8. The summed E-state index contributed by atoms with van der Waals surface area (Å²) in [6.45, 7) is 0. The Hall–Kier alpha value is -1.30. The van der Waals surface area contributed by atoms with Gasteiger partial charge in [-0.15, -0.1) is 11.6 Å². The number of ether oxygens (including phenoxy) is 1. The first kappa shape index (κ1) is 13.8. The second-order valence-electron chi connectivity index (χ2n) is 3.06. The van der Waals surface area contributed by atoms with E-state index in [0.717, 1.165) is 19.2 Å². The molecule has 0 spiro atoms. The zero-order valence-corrected chi connectivity index (χ0v) is 9.32. The third-order valence-electron chi connectivity index (χ3n) is 2.03. The number of alkyl halides is 4. The number of hydrogen-bond donors (Lipinski definition) is 0. The summed E-state index contributed by atoms with van der Waals surface area (Å²) in [5.74, 6) is -3.85. The summed E-state index contributed by atoms with van der Waals surface area (Å²) in [5, 5.41) is 0. The summed E-state index contributed by atoms with van der Waals surface area (Å²) in [7, 11) is 1.03. The van der Waals surface area contributed by atoms with Gasteiger partial charge in [-0.2, -0.15) is 13.2 Å². The lowest BCUT2D eigenvalue weighted by atomic mass is 10.0. The van der Waals surface area contributed by atoms with Crippen LogP contribution in [0.15, 0.2) is 12.1 Å². The lowest BCUT2D eigenvalue weighted by Crippen LogP contribution is -2.17. The number of ketones is 1. The van der Waals surface area contributed by atoms with E-state index in [4.69, 9.17) is 11.6 Å². The first-order valence-electron chi connectivity index (χ1n) is 4.35. The predicted molar refractivity (Wildman–Crippen MR) is 53.0 cm³/mol. The van der Waals surface area contributed by atoms with E-state index in [-0.39, 0.29) is 0 Å². The van der Waals surface area contributed by atoms with Crippen molar-refractivity contribution in [2.24, 2.45) is 0 Å². The molecular formula is C10H7ClF4O2. The highest BCUT2D eigenvalue weighted by molar-refractivity contribution is 6.30. The van der Waals surface area contributed by atoms with Gasteiger partial charge in [0.25, 0.3) is 0 Å². The van der Waals surface area contributed by atoms with Crippen molar-refractivity contribution >= 4 is 17.4 Å². The molecule has 7 heteroatoms. The number of carbonyl (C=O) groups is 1. The first-order valence-corrected chi connectivity index (χ1v) is 4.89. The molecule has 2 nitrogen and oxygen atoms in total. The Labute approximate surface area is 99.1 Å². The molecule has 0 aliphatic heterocycles. The van der Waals surface area contributed by atoms with Crippen molar-refractivity contribution in [3.8, 4) is 5.75 Å². The Bertz CT molecular complexity index is 443. The van der Waals surface area contributed by atoms with Gasteiger partial charge in [-0.25, -0.2) is 4.39 Å². The maximum atomic E-state index is 13.5. The fourth-order valence-electron chi connectivity index (χ4n) is 1.30. The molecule has 0 aliphatic carbocycles. The minimum atomic E-state index is -4.99. The largest absolute Gasteiger partial charge is 0.494 e. The van der Waals surface area contributed by atoms with Crippen molar-refractivity contribution in [3.05, 3.63) is 29.1 Å². The second kappa shape index (κ2) is 4.91. The molecule has 0 aliphatic rings. The molecule has 0 amide bonds. The van der Waals surface area contributed by atoms with Gasteiger partial charge in [0.1, 0.15) is 5.56 Å². The van der Waals surface area contributed by atoms with Gasteiger partial charge in [-0.05, 0) is 12.1 Å². The number of hydrogen-bond acceptors (Lipinski definition) is 2. The lowest BCUT2D eigenvalue weighted by molar-refractivity contribution is -0.140. The highest BCUT2D eigenvalue weighted by atomic mass is 35.5. The lowest BCUT2D eigenvalue weighted by Gasteiger charge is -2.14. The topological polar surface area (TPSA) is 26.3 Å². The number of halogens is 5. The van der Waals surface area contributed by atoms with E-state index in [9.17, 15) is 22.4 Å².